The van der Waals surface area contributed by atoms with Gasteiger partial charge in [-0.3, -0.25) is 4.79 Å². The maximum absolute atomic E-state index is 12.8. The molecule has 5 nitrogen and oxygen atoms in total. The van der Waals surface area contributed by atoms with E-state index < -0.39 is 0 Å². The maximum Gasteiger partial charge on any atom is 0.315 e. The Kier molecular flexibility index (Phi) is 4.15. The summed E-state index contributed by atoms with van der Waals surface area (Å²) < 4.78 is 11.9. The summed E-state index contributed by atoms with van der Waals surface area (Å²) in [5.74, 6) is 0.993. The van der Waals surface area contributed by atoms with Crippen molar-refractivity contribution in [1.82, 2.24) is 0 Å². The maximum atomic E-state index is 12.8. The summed E-state index contributed by atoms with van der Waals surface area (Å²) in [6, 6.07) is 0.303. The number of quaternary nitrogens is 1. The second kappa shape index (κ2) is 6.18. The van der Waals surface area contributed by atoms with E-state index in [0.29, 0.717) is 17.9 Å². The number of carbonyl (C=O) groups is 1. The smallest absolute Gasteiger partial charge is 0.315 e. The Balaban J connectivity index is 1.35. The molecule has 0 radical (unpaired) electrons. The zero-order valence-electron chi connectivity index (χ0n) is 16.0. The number of aliphatic hydroxyl groups is 1. The van der Waals surface area contributed by atoms with E-state index in [4.69, 9.17) is 9.47 Å². The summed E-state index contributed by atoms with van der Waals surface area (Å²) in [5.41, 5.74) is 0.399. The van der Waals surface area contributed by atoms with Crippen LogP contribution in [0.3, 0.4) is 0 Å². The van der Waals surface area contributed by atoms with E-state index in [2.05, 4.69) is 6.92 Å². The molecule has 2 aliphatic carbocycles. The molecule has 5 rings (SSSR count). The van der Waals surface area contributed by atoms with Crippen LogP contribution in [-0.2, 0) is 14.3 Å². The quantitative estimate of drug-likeness (QED) is 0.578. The van der Waals surface area contributed by atoms with Crippen molar-refractivity contribution < 1.29 is 24.3 Å². The van der Waals surface area contributed by atoms with Gasteiger partial charge in [0.2, 0.25) is 0 Å². The normalized spacial score (nSPS) is 53.1. The Morgan fingerprint density at radius 3 is 2.88 bits per heavy atom. The van der Waals surface area contributed by atoms with Gasteiger partial charge in [0.25, 0.3) is 0 Å². The Hall–Kier alpha value is -0.650. The minimum absolute atomic E-state index is 0.0180. The topological polar surface area (TPSA) is 63.5 Å². The van der Waals surface area contributed by atoms with Gasteiger partial charge in [-0.05, 0) is 56.3 Å². The van der Waals surface area contributed by atoms with E-state index in [0.717, 1.165) is 39.0 Å². The number of piperidine rings is 1. The molecule has 5 heteroatoms. The molecule has 5 fully saturated rings. The molecule has 0 aromatic carbocycles. The van der Waals surface area contributed by atoms with Crippen LogP contribution in [0.15, 0.2) is 0 Å². The fourth-order valence-electron chi connectivity index (χ4n) is 7.11. The first kappa shape index (κ1) is 17.4. The summed E-state index contributed by atoms with van der Waals surface area (Å²) in [6.07, 6.45) is 9.42. The van der Waals surface area contributed by atoms with Crippen LogP contribution in [-0.4, -0.2) is 55.1 Å². The molecule has 0 bridgehead atoms. The summed E-state index contributed by atoms with van der Waals surface area (Å²) in [7, 11) is 0. The number of carbonyl (C=O) groups excluding carboxylic acids is 1. The standard InChI is InChI=1S/C21H33NO4/c1-20-6-4-7-21(13-25-21)18(20)9-15-16(19(24)26-17(15)10-20)11-22-8-3-2-5-14(22)12-23/h14-18,23H,2-13H2,1H3/p+1/t14-,15-,16-,17-,18-,20-,21+/m1/s1. The highest BCUT2D eigenvalue weighted by Crippen LogP contribution is 2.62. The van der Waals surface area contributed by atoms with Gasteiger partial charge in [-0.15, -0.1) is 0 Å². The number of esters is 1. The molecular formula is C21H34NO4+. The van der Waals surface area contributed by atoms with Gasteiger partial charge in [-0.2, -0.15) is 0 Å². The average molecular weight is 365 g/mol. The lowest BCUT2D eigenvalue weighted by molar-refractivity contribution is -0.933. The van der Waals surface area contributed by atoms with Crippen LogP contribution in [0.5, 0.6) is 0 Å². The minimum Gasteiger partial charge on any atom is -0.462 e. The van der Waals surface area contributed by atoms with E-state index in [9.17, 15) is 9.90 Å². The van der Waals surface area contributed by atoms with Crippen molar-refractivity contribution in [1.29, 1.82) is 0 Å². The first-order valence-electron chi connectivity index (χ1n) is 10.8. The SMILES string of the molecule is C[C@]12CCC[C@]3(CO3)[C@@H]1C[C@H]1[C@@H](C2)OC(=O)[C@@H]1C[NH+]1CCCC[C@@H]1CO. The summed E-state index contributed by atoms with van der Waals surface area (Å²) in [6.45, 7) is 5.51. The zero-order chi connectivity index (χ0) is 17.9. The van der Waals surface area contributed by atoms with Crippen molar-refractivity contribution in [2.75, 3.05) is 26.3 Å². The molecule has 0 aromatic rings. The predicted molar refractivity (Wildman–Crippen MR) is 95.6 cm³/mol. The minimum atomic E-state index is 0.0180. The molecule has 8 atom stereocenters. The molecule has 2 saturated carbocycles. The predicted octanol–water partition coefficient (Wildman–Crippen LogP) is 0.943. The lowest BCUT2D eigenvalue weighted by Gasteiger charge is -2.51. The van der Waals surface area contributed by atoms with Crippen LogP contribution in [0.1, 0.15) is 58.3 Å². The number of hydrogen-bond donors (Lipinski definition) is 2. The van der Waals surface area contributed by atoms with Crippen LogP contribution in [0.4, 0.5) is 0 Å². The highest BCUT2D eigenvalue weighted by atomic mass is 16.6. The molecular weight excluding hydrogens is 330 g/mol. The fraction of sp³-hybridized carbons (Fsp3) is 0.952. The van der Waals surface area contributed by atoms with E-state index >= 15 is 0 Å². The monoisotopic (exact) mass is 364 g/mol. The van der Waals surface area contributed by atoms with Gasteiger partial charge >= 0.3 is 5.97 Å². The molecule has 1 unspecified atom stereocenters. The highest BCUT2D eigenvalue weighted by molar-refractivity contribution is 5.75. The van der Waals surface area contributed by atoms with Crippen molar-refractivity contribution in [2.45, 2.75) is 76.0 Å². The molecule has 5 aliphatic rings. The molecule has 3 aliphatic heterocycles. The number of ether oxygens (including phenoxy) is 2. The van der Waals surface area contributed by atoms with Gasteiger partial charge in [0.15, 0.2) is 0 Å². The van der Waals surface area contributed by atoms with Gasteiger partial charge in [0.1, 0.15) is 18.1 Å². The third-order valence-electron chi connectivity index (χ3n) is 8.66. The van der Waals surface area contributed by atoms with Gasteiger partial charge in [-0.1, -0.05) is 6.92 Å². The number of likely N-dealkylation sites (tertiary alicyclic amines) is 1. The van der Waals surface area contributed by atoms with Crippen molar-refractivity contribution >= 4 is 5.97 Å². The van der Waals surface area contributed by atoms with Crippen LogP contribution in [0, 0.1) is 23.2 Å². The summed E-state index contributed by atoms with van der Waals surface area (Å²) in [4.78, 5) is 14.2. The first-order chi connectivity index (χ1) is 12.5. The van der Waals surface area contributed by atoms with E-state index in [1.807, 2.05) is 0 Å². The third kappa shape index (κ3) is 2.65. The Morgan fingerprint density at radius 2 is 2.12 bits per heavy atom. The number of rotatable bonds is 3. The summed E-state index contributed by atoms with van der Waals surface area (Å²) >= 11 is 0. The van der Waals surface area contributed by atoms with Gasteiger partial charge in [0.05, 0.1) is 31.9 Å². The Labute approximate surface area is 156 Å². The lowest BCUT2D eigenvalue weighted by Crippen LogP contribution is -3.17. The number of epoxide rings is 1. The van der Waals surface area contributed by atoms with Crippen LogP contribution >= 0.6 is 0 Å². The van der Waals surface area contributed by atoms with Gasteiger partial charge < -0.3 is 19.5 Å². The fourth-order valence-corrected chi connectivity index (χ4v) is 7.11. The highest BCUT2D eigenvalue weighted by Gasteiger charge is 2.65. The van der Waals surface area contributed by atoms with Gasteiger partial charge in [0, 0.05) is 12.3 Å². The molecule has 3 saturated heterocycles. The van der Waals surface area contributed by atoms with Crippen LogP contribution < -0.4 is 4.90 Å². The Bertz CT molecular complexity index is 576. The lowest BCUT2D eigenvalue weighted by atomic mass is 9.53. The second-order valence-electron chi connectivity index (χ2n) is 10.1. The number of nitrogens with one attached hydrogen (secondary N) is 1. The zero-order valence-corrected chi connectivity index (χ0v) is 16.0. The molecule has 1 spiro atoms. The molecule has 3 heterocycles. The van der Waals surface area contributed by atoms with Crippen LogP contribution in [0.25, 0.3) is 0 Å². The summed E-state index contributed by atoms with van der Waals surface area (Å²) in [5, 5.41) is 9.75. The van der Waals surface area contributed by atoms with Gasteiger partial charge in [-0.25, -0.2) is 0 Å². The number of aliphatic hydroxyl groups excluding tert-OH is 1. The van der Waals surface area contributed by atoms with E-state index in [1.54, 1.807) is 0 Å². The van der Waals surface area contributed by atoms with Crippen LogP contribution in [0.2, 0.25) is 0 Å². The third-order valence-corrected chi connectivity index (χ3v) is 8.66. The second-order valence-corrected chi connectivity index (χ2v) is 10.1. The molecule has 2 N–H and O–H groups in total. The molecule has 0 amide bonds. The Morgan fingerprint density at radius 1 is 1.27 bits per heavy atom. The largest absolute Gasteiger partial charge is 0.462 e. The van der Waals surface area contributed by atoms with E-state index in [-0.39, 0.29) is 35.6 Å². The van der Waals surface area contributed by atoms with E-state index in [1.165, 1.54) is 37.0 Å². The van der Waals surface area contributed by atoms with Crippen molar-refractivity contribution in [3.8, 4) is 0 Å². The average Bonchev–Trinajstić information content (AvgIpc) is 3.33. The number of hydrogen-bond acceptors (Lipinski definition) is 4. The molecule has 146 valence electrons. The van der Waals surface area contributed by atoms with Crippen molar-refractivity contribution in [3.05, 3.63) is 0 Å². The number of fused-ring (bicyclic) bond motifs is 3. The van der Waals surface area contributed by atoms with Crippen molar-refractivity contribution in [2.24, 2.45) is 23.2 Å². The molecule has 26 heavy (non-hydrogen) atoms. The molecule has 0 aromatic heterocycles. The van der Waals surface area contributed by atoms with Crippen molar-refractivity contribution in [3.63, 3.8) is 0 Å². The first-order valence-corrected chi connectivity index (χ1v) is 10.8.